The molecule has 1 heterocycles. The van der Waals surface area contributed by atoms with Gasteiger partial charge in [0.2, 0.25) is 0 Å². The van der Waals surface area contributed by atoms with E-state index in [1.165, 1.54) is 12.2 Å². The van der Waals surface area contributed by atoms with E-state index in [-0.39, 0.29) is 5.78 Å². The van der Waals surface area contributed by atoms with Gasteiger partial charge in [-0.3, -0.25) is 4.79 Å². The highest BCUT2D eigenvalue weighted by Gasteiger charge is 2.22. The van der Waals surface area contributed by atoms with Crippen molar-refractivity contribution in [2.45, 2.75) is 38.6 Å². The first-order valence-electron chi connectivity index (χ1n) is 4.69. The summed E-state index contributed by atoms with van der Waals surface area (Å²) in [7, 11) is 0. The molecular weight excluding hydrogens is 180 g/mol. The molecule has 14 heavy (non-hydrogen) atoms. The maximum atomic E-state index is 11.2. The van der Waals surface area contributed by atoms with Gasteiger partial charge in [0, 0.05) is 6.42 Å². The van der Waals surface area contributed by atoms with Gasteiger partial charge >= 0.3 is 0 Å². The quantitative estimate of drug-likeness (QED) is 0.539. The molecule has 0 amide bonds. The fraction of sp³-hybridized carbons (Fsp3) is 0.545. The molecule has 1 N–H and O–H groups in total. The van der Waals surface area contributed by atoms with E-state index in [0.717, 1.165) is 12.8 Å². The van der Waals surface area contributed by atoms with Gasteiger partial charge in [0.15, 0.2) is 12.1 Å². The van der Waals surface area contributed by atoms with Gasteiger partial charge in [0.25, 0.3) is 0 Å². The molecule has 1 aliphatic rings. The van der Waals surface area contributed by atoms with Crippen LogP contribution in [0.2, 0.25) is 0 Å². The molecule has 2 atom stereocenters. The van der Waals surface area contributed by atoms with E-state index >= 15 is 0 Å². The zero-order chi connectivity index (χ0) is 10.4. The zero-order valence-corrected chi connectivity index (χ0v) is 8.19. The monoisotopic (exact) mass is 194 g/mol. The van der Waals surface area contributed by atoms with Crippen molar-refractivity contribution in [2.24, 2.45) is 0 Å². The highest BCUT2D eigenvalue weighted by atomic mass is 16.6. The van der Waals surface area contributed by atoms with Crippen LogP contribution in [0.25, 0.3) is 0 Å². The molecule has 3 heteroatoms. The summed E-state index contributed by atoms with van der Waals surface area (Å²) < 4.78 is 5.05. The van der Waals surface area contributed by atoms with E-state index in [1.54, 1.807) is 6.92 Å². The lowest BCUT2D eigenvalue weighted by atomic mass is 10.1. The molecule has 1 rings (SSSR count). The molecule has 0 saturated heterocycles. The Morgan fingerprint density at radius 1 is 1.64 bits per heavy atom. The van der Waals surface area contributed by atoms with E-state index in [2.05, 4.69) is 11.8 Å². The van der Waals surface area contributed by atoms with Gasteiger partial charge in [0.05, 0.1) is 0 Å². The molecule has 0 aliphatic carbocycles. The number of hydrogen-bond donors (Lipinski definition) is 1. The third-order valence-electron chi connectivity index (χ3n) is 1.99. The lowest BCUT2D eigenvalue weighted by Crippen LogP contribution is -2.31. The van der Waals surface area contributed by atoms with Crippen LogP contribution < -0.4 is 0 Å². The summed E-state index contributed by atoms with van der Waals surface area (Å²) in [4.78, 5) is 11.2. The summed E-state index contributed by atoms with van der Waals surface area (Å²) in [6, 6.07) is 0. The minimum atomic E-state index is -0.935. The van der Waals surface area contributed by atoms with Crippen molar-refractivity contribution in [1.29, 1.82) is 0 Å². The first-order valence-corrected chi connectivity index (χ1v) is 4.69. The van der Waals surface area contributed by atoms with E-state index in [4.69, 9.17) is 9.84 Å². The van der Waals surface area contributed by atoms with Gasteiger partial charge in [-0.05, 0) is 31.9 Å². The molecule has 1 aliphatic heterocycles. The predicted molar refractivity (Wildman–Crippen MR) is 52.3 cm³/mol. The highest BCUT2D eigenvalue weighted by Crippen LogP contribution is 2.13. The van der Waals surface area contributed by atoms with Crippen LogP contribution in [0.15, 0.2) is 12.2 Å². The smallest absolute Gasteiger partial charge is 0.184 e. The maximum Gasteiger partial charge on any atom is 0.184 e. The largest absolute Gasteiger partial charge is 0.365 e. The van der Waals surface area contributed by atoms with Gasteiger partial charge < -0.3 is 9.84 Å². The van der Waals surface area contributed by atoms with Crippen molar-refractivity contribution in [3.63, 3.8) is 0 Å². The minimum Gasteiger partial charge on any atom is -0.365 e. The lowest BCUT2D eigenvalue weighted by molar-refractivity contribution is -0.148. The predicted octanol–water partition coefficient (Wildman–Crippen LogP) is 1.02. The maximum absolute atomic E-state index is 11.2. The molecule has 0 aromatic rings. The Labute approximate surface area is 83.8 Å². The Morgan fingerprint density at radius 3 is 3.14 bits per heavy atom. The summed E-state index contributed by atoms with van der Waals surface area (Å²) >= 11 is 0. The Bertz CT molecular complexity index is 283. The molecule has 3 nitrogen and oxygen atoms in total. The molecule has 0 fully saturated rings. The molecule has 0 saturated carbocycles. The molecule has 0 aromatic carbocycles. The second-order valence-corrected chi connectivity index (χ2v) is 3.10. The molecule has 0 bridgehead atoms. The number of rotatable bonds is 3. The number of unbranched alkanes of at least 4 members (excludes halogenated alkanes) is 1. The van der Waals surface area contributed by atoms with Crippen LogP contribution in [-0.4, -0.2) is 23.3 Å². The number of hydrogen-bond acceptors (Lipinski definition) is 3. The van der Waals surface area contributed by atoms with E-state index in [1.807, 2.05) is 0 Å². The van der Waals surface area contributed by atoms with Gasteiger partial charge in [-0.15, -0.1) is 11.8 Å². The fourth-order valence-corrected chi connectivity index (χ4v) is 1.28. The van der Waals surface area contributed by atoms with Gasteiger partial charge in [-0.2, -0.15) is 0 Å². The van der Waals surface area contributed by atoms with Crippen LogP contribution in [0.5, 0.6) is 0 Å². The Morgan fingerprint density at radius 2 is 2.43 bits per heavy atom. The van der Waals surface area contributed by atoms with Gasteiger partial charge in [-0.25, -0.2) is 0 Å². The SMILES string of the molecule is CC#CCCCC1OC(O)C=CC1=O. The molecular formula is C11H14O3. The minimum absolute atomic E-state index is 0.0697. The standard InChI is InChI=1S/C11H14O3/c1-2-3-4-5-6-10-9(12)7-8-11(13)14-10/h7-8,10-11,13H,4-6H2,1H3. The summed E-state index contributed by atoms with van der Waals surface area (Å²) in [6.07, 6.45) is 3.51. The average Bonchev–Trinajstić information content (AvgIpc) is 2.18. The van der Waals surface area contributed by atoms with E-state index in [0.29, 0.717) is 6.42 Å². The van der Waals surface area contributed by atoms with Crippen LogP contribution in [0.1, 0.15) is 26.2 Å². The Kier molecular flexibility index (Phi) is 4.37. The van der Waals surface area contributed by atoms with Crippen molar-refractivity contribution in [3.8, 4) is 11.8 Å². The number of aliphatic hydroxyl groups is 1. The third kappa shape index (κ3) is 3.33. The molecule has 0 spiro atoms. The topological polar surface area (TPSA) is 46.5 Å². The summed E-state index contributed by atoms with van der Waals surface area (Å²) in [5.74, 6) is 5.63. The number of ketones is 1. The molecule has 2 unspecified atom stereocenters. The van der Waals surface area contributed by atoms with Crippen LogP contribution in [0, 0.1) is 11.8 Å². The van der Waals surface area contributed by atoms with Crippen molar-refractivity contribution in [1.82, 2.24) is 0 Å². The van der Waals surface area contributed by atoms with Crippen molar-refractivity contribution >= 4 is 5.78 Å². The molecule has 0 aromatic heterocycles. The summed E-state index contributed by atoms with van der Waals surface area (Å²) in [5, 5.41) is 9.11. The third-order valence-corrected chi connectivity index (χ3v) is 1.99. The second-order valence-electron chi connectivity index (χ2n) is 3.10. The van der Waals surface area contributed by atoms with Crippen LogP contribution in [-0.2, 0) is 9.53 Å². The van der Waals surface area contributed by atoms with Crippen molar-refractivity contribution in [3.05, 3.63) is 12.2 Å². The molecule has 76 valence electrons. The lowest BCUT2D eigenvalue weighted by Gasteiger charge is -2.20. The number of aliphatic hydroxyl groups excluding tert-OH is 1. The highest BCUT2D eigenvalue weighted by molar-refractivity contribution is 5.94. The van der Waals surface area contributed by atoms with Crippen molar-refractivity contribution in [2.75, 3.05) is 0 Å². The number of carbonyl (C=O) groups excluding carboxylic acids is 1. The van der Waals surface area contributed by atoms with E-state index < -0.39 is 12.4 Å². The number of carbonyl (C=O) groups is 1. The summed E-state index contributed by atoms with van der Waals surface area (Å²) in [5.41, 5.74) is 0. The number of ether oxygens (including phenoxy) is 1. The Hall–Kier alpha value is -1.11. The molecule has 0 radical (unpaired) electrons. The van der Waals surface area contributed by atoms with Crippen LogP contribution in [0.3, 0.4) is 0 Å². The van der Waals surface area contributed by atoms with Crippen molar-refractivity contribution < 1.29 is 14.6 Å². The normalized spacial score (nSPS) is 25.7. The first-order chi connectivity index (χ1) is 6.74. The van der Waals surface area contributed by atoms with E-state index in [9.17, 15) is 4.79 Å². The second kappa shape index (κ2) is 5.58. The average molecular weight is 194 g/mol. The summed E-state index contributed by atoms with van der Waals surface area (Å²) in [6.45, 7) is 1.79. The van der Waals surface area contributed by atoms with Gasteiger partial charge in [-0.1, -0.05) is 0 Å². The van der Waals surface area contributed by atoms with Crippen LogP contribution >= 0.6 is 0 Å². The van der Waals surface area contributed by atoms with Gasteiger partial charge in [0.1, 0.15) is 6.10 Å². The first kappa shape index (κ1) is 11.0. The zero-order valence-electron chi connectivity index (χ0n) is 8.19. The van der Waals surface area contributed by atoms with Crippen LogP contribution in [0.4, 0.5) is 0 Å². The Balaban J connectivity index is 2.32. The fourth-order valence-electron chi connectivity index (χ4n) is 1.28.